The lowest BCUT2D eigenvalue weighted by atomic mass is 10.00. The monoisotopic (exact) mass is 261 g/mol. The van der Waals surface area contributed by atoms with Crippen LogP contribution in [-0.4, -0.2) is 4.98 Å². The highest BCUT2D eigenvalue weighted by molar-refractivity contribution is 6.01. The van der Waals surface area contributed by atoms with Crippen molar-refractivity contribution in [2.45, 2.75) is 13.3 Å². The lowest BCUT2D eigenvalue weighted by molar-refractivity contribution is 1.21. The summed E-state index contributed by atoms with van der Waals surface area (Å²) in [6.07, 6.45) is 0.803. The first-order valence-corrected chi connectivity index (χ1v) is 6.51. The maximum absolute atomic E-state index is 7.31. The first-order valence-electron chi connectivity index (χ1n) is 6.51. The number of fused-ring (bicyclic) bond motifs is 1. The third-order valence-corrected chi connectivity index (χ3v) is 3.54. The molecule has 20 heavy (non-hydrogen) atoms. The molecular formula is C17H15N3. The molecule has 3 aromatic rings. The van der Waals surface area contributed by atoms with Gasteiger partial charge in [0.2, 0.25) is 5.69 Å². The van der Waals surface area contributed by atoms with E-state index in [1.165, 1.54) is 11.1 Å². The van der Waals surface area contributed by atoms with Gasteiger partial charge in [-0.25, -0.2) is 4.85 Å². The van der Waals surface area contributed by atoms with Crippen molar-refractivity contribution in [2.75, 3.05) is 5.73 Å². The van der Waals surface area contributed by atoms with Crippen LogP contribution in [0.1, 0.15) is 16.7 Å². The van der Waals surface area contributed by atoms with Gasteiger partial charge in [0, 0.05) is 10.9 Å². The number of aromatic amines is 1. The second-order valence-electron chi connectivity index (χ2n) is 5.00. The summed E-state index contributed by atoms with van der Waals surface area (Å²) in [4.78, 5) is 6.65. The molecule has 0 unspecified atom stereocenters. The van der Waals surface area contributed by atoms with Crippen molar-refractivity contribution >= 4 is 22.4 Å². The van der Waals surface area contributed by atoms with Gasteiger partial charge >= 0.3 is 0 Å². The number of hydrogen-bond donors (Lipinski definition) is 2. The van der Waals surface area contributed by atoms with Crippen LogP contribution < -0.4 is 5.73 Å². The van der Waals surface area contributed by atoms with Gasteiger partial charge in [-0.15, -0.1) is 0 Å². The van der Waals surface area contributed by atoms with E-state index in [0.717, 1.165) is 22.9 Å². The van der Waals surface area contributed by atoms with Crippen LogP contribution in [0.15, 0.2) is 42.5 Å². The molecule has 0 fully saturated rings. The van der Waals surface area contributed by atoms with Crippen molar-refractivity contribution in [1.29, 1.82) is 0 Å². The summed E-state index contributed by atoms with van der Waals surface area (Å²) in [5.74, 6) is 0.450. The first-order chi connectivity index (χ1) is 9.69. The molecule has 0 saturated heterocycles. The van der Waals surface area contributed by atoms with E-state index in [-0.39, 0.29) is 0 Å². The minimum Gasteiger partial charge on any atom is -0.394 e. The van der Waals surface area contributed by atoms with E-state index < -0.39 is 0 Å². The molecule has 0 bridgehead atoms. The van der Waals surface area contributed by atoms with E-state index in [1.54, 1.807) is 0 Å². The fraction of sp³-hybridized carbons (Fsp3) is 0.118. The quantitative estimate of drug-likeness (QED) is 0.667. The van der Waals surface area contributed by atoms with E-state index in [2.05, 4.69) is 47.1 Å². The molecule has 0 radical (unpaired) electrons. The minimum atomic E-state index is 0.450. The molecule has 3 rings (SSSR count). The van der Waals surface area contributed by atoms with E-state index in [0.29, 0.717) is 11.5 Å². The van der Waals surface area contributed by atoms with E-state index >= 15 is 0 Å². The highest BCUT2D eigenvalue weighted by Gasteiger charge is 2.12. The third-order valence-electron chi connectivity index (χ3n) is 3.54. The fourth-order valence-corrected chi connectivity index (χ4v) is 2.51. The van der Waals surface area contributed by atoms with Gasteiger partial charge in [0.25, 0.3) is 0 Å². The van der Waals surface area contributed by atoms with E-state index in [4.69, 9.17) is 12.3 Å². The zero-order chi connectivity index (χ0) is 14.1. The second-order valence-corrected chi connectivity index (χ2v) is 5.00. The van der Waals surface area contributed by atoms with Gasteiger partial charge in [-0.2, -0.15) is 0 Å². The number of rotatable bonds is 2. The molecule has 0 spiro atoms. The molecule has 3 nitrogen and oxygen atoms in total. The van der Waals surface area contributed by atoms with Crippen LogP contribution in [0.5, 0.6) is 0 Å². The number of hydrogen-bond acceptors (Lipinski definition) is 1. The molecule has 0 saturated carbocycles. The summed E-state index contributed by atoms with van der Waals surface area (Å²) >= 11 is 0. The number of nitrogens with two attached hydrogens (primary N) is 1. The topological polar surface area (TPSA) is 46.2 Å². The third kappa shape index (κ3) is 2.02. The lowest BCUT2D eigenvalue weighted by Gasteiger charge is -2.05. The number of nitrogens with one attached hydrogen (secondary N) is 1. The number of aryl methyl sites for hydroxylation is 1. The Morgan fingerprint density at radius 2 is 1.90 bits per heavy atom. The van der Waals surface area contributed by atoms with Crippen LogP contribution >= 0.6 is 0 Å². The van der Waals surface area contributed by atoms with Gasteiger partial charge in [-0.05, 0) is 30.5 Å². The molecule has 2 aromatic carbocycles. The van der Waals surface area contributed by atoms with Gasteiger partial charge in [0.15, 0.2) is 0 Å². The van der Waals surface area contributed by atoms with Gasteiger partial charge in [0.1, 0.15) is 5.82 Å². The smallest absolute Gasteiger partial charge is 0.235 e. The molecule has 0 amide bonds. The summed E-state index contributed by atoms with van der Waals surface area (Å²) in [5, 5.41) is 0.945. The molecule has 1 heterocycles. The van der Waals surface area contributed by atoms with E-state index in [1.807, 2.05) is 12.1 Å². The van der Waals surface area contributed by atoms with Crippen molar-refractivity contribution in [3.63, 3.8) is 0 Å². The summed E-state index contributed by atoms with van der Waals surface area (Å²) < 4.78 is 0. The van der Waals surface area contributed by atoms with Crippen LogP contribution in [0, 0.1) is 13.5 Å². The Balaban J connectivity index is 2.12. The normalized spacial score (nSPS) is 10.6. The predicted octanol–water partition coefficient (Wildman–Crippen LogP) is 4.20. The van der Waals surface area contributed by atoms with Crippen molar-refractivity contribution in [3.05, 3.63) is 70.6 Å². The second kappa shape index (κ2) is 4.75. The maximum Gasteiger partial charge on any atom is 0.235 e. The highest BCUT2D eigenvalue weighted by Crippen LogP contribution is 2.35. The van der Waals surface area contributed by atoms with Crippen molar-refractivity contribution in [1.82, 2.24) is 4.98 Å². The molecule has 0 atom stereocenters. The van der Waals surface area contributed by atoms with E-state index in [9.17, 15) is 0 Å². The minimum absolute atomic E-state index is 0.450. The summed E-state index contributed by atoms with van der Waals surface area (Å²) in [6, 6.07) is 14.5. The van der Waals surface area contributed by atoms with Gasteiger partial charge in [-0.1, -0.05) is 42.0 Å². The number of anilines is 1. The molecule has 98 valence electrons. The molecule has 0 aliphatic heterocycles. The maximum atomic E-state index is 7.31. The molecule has 0 aliphatic carbocycles. The number of H-pyrrole nitrogens is 1. The summed E-state index contributed by atoms with van der Waals surface area (Å²) in [6.45, 7) is 9.39. The summed E-state index contributed by atoms with van der Waals surface area (Å²) in [5.41, 5.74) is 11.0. The lowest BCUT2D eigenvalue weighted by Crippen LogP contribution is -1.89. The van der Waals surface area contributed by atoms with Crippen LogP contribution in [0.4, 0.5) is 11.5 Å². The van der Waals surface area contributed by atoms with Crippen molar-refractivity contribution < 1.29 is 0 Å². The van der Waals surface area contributed by atoms with Crippen LogP contribution in [0.2, 0.25) is 0 Å². The van der Waals surface area contributed by atoms with Gasteiger partial charge in [-0.3, -0.25) is 0 Å². The Morgan fingerprint density at radius 1 is 1.15 bits per heavy atom. The molecule has 3 heteroatoms. The van der Waals surface area contributed by atoms with Crippen LogP contribution in [-0.2, 0) is 6.42 Å². The SMILES string of the molecule is [C-]#[N+]c1c(N)[nH]c2cccc(Cc3ccc(C)cc3)c12. The standard InChI is InChI=1S/C17H15N3/c1-11-6-8-12(9-7-11)10-13-4-3-5-14-15(13)16(19-2)17(18)20-14/h3-9,20H,10,18H2,1H3. The number of aromatic nitrogens is 1. The predicted molar refractivity (Wildman–Crippen MR) is 83.0 cm³/mol. The zero-order valence-corrected chi connectivity index (χ0v) is 11.3. The zero-order valence-electron chi connectivity index (χ0n) is 11.3. The Morgan fingerprint density at radius 3 is 2.60 bits per heavy atom. The van der Waals surface area contributed by atoms with Gasteiger partial charge in [0.05, 0.1) is 6.57 Å². The molecule has 0 aliphatic rings. The first kappa shape index (κ1) is 12.3. The van der Waals surface area contributed by atoms with Crippen molar-refractivity contribution in [3.8, 4) is 0 Å². The average Bonchev–Trinajstić information content (AvgIpc) is 2.77. The van der Waals surface area contributed by atoms with Crippen molar-refractivity contribution in [2.24, 2.45) is 0 Å². The Hall–Kier alpha value is -2.73. The summed E-state index contributed by atoms with van der Waals surface area (Å²) in [7, 11) is 0. The molecular weight excluding hydrogens is 246 g/mol. The van der Waals surface area contributed by atoms with Gasteiger partial charge < -0.3 is 10.7 Å². The Labute approximate surface area is 117 Å². The van der Waals surface area contributed by atoms with Crippen LogP contribution in [0.25, 0.3) is 15.7 Å². The Bertz CT molecular complexity index is 805. The fourth-order valence-electron chi connectivity index (χ4n) is 2.51. The number of nitrogens with zero attached hydrogens (tertiary/aromatic N) is 1. The average molecular weight is 261 g/mol. The molecule has 3 N–H and O–H groups in total. The largest absolute Gasteiger partial charge is 0.394 e. The number of benzene rings is 2. The molecule has 1 aromatic heterocycles. The number of nitrogen functional groups attached to an aromatic ring is 1. The highest BCUT2D eigenvalue weighted by atomic mass is 14.9. The van der Waals surface area contributed by atoms with Crippen LogP contribution in [0.3, 0.4) is 0 Å². The Kier molecular flexibility index (Phi) is 2.92.